The zero-order valence-corrected chi connectivity index (χ0v) is 17.9. The van der Waals surface area contributed by atoms with Gasteiger partial charge in [-0.1, -0.05) is 30.3 Å². The Morgan fingerprint density at radius 1 is 1.00 bits per heavy atom. The number of carbonyl (C=O) groups excluding carboxylic acids is 3. The number of carboxylic acids is 1. The second-order valence-corrected chi connectivity index (χ2v) is 7.09. The number of aliphatic imine (C=N–C) groups is 1. The van der Waals surface area contributed by atoms with E-state index in [9.17, 15) is 19.2 Å². The van der Waals surface area contributed by atoms with Crippen molar-refractivity contribution < 1.29 is 24.3 Å². The summed E-state index contributed by atoms with van der Waals surface area (Å²) in [6.45, 7) is 1.24. The Morgan fingerprint density at radius 3 is 2.19 bits per heavy atom. The van der Waals surface area contributed by atoms with Gasteiger partial charge in [0, 0.05) is 13.0 Å². The zero-order chi connectivity index (χ0) is 24.1. The summed E-state index contributed by atoms with van der Waals surface area (Å²) < 4.78 is 0. The lowest BCUT2D eigenvalue weighted by atomic mass is 10.0. The van der Waals surface area contributed by atoms with Crippen LogP contribution in [-0.2, 0) is 25.6 Å². The van der Waals surface area contributed by atoms with Gasteiger partial charge < -0.3 is 38.3 Å². The molecule has 3 unspecified atom stereocenters. The van der Waals surface area contributed by atoms with Crippen molar-refractivity contribution in [1.29, 1.82) is 0 Å². The van der Waals surface area contributed by atoms with Crippen molar-refractivity contribution in [2.75, 3.05) is 13.1 Å². The first-order valence-corrected chi connectivity index (χ1v) is 10.1. The molecule has 0 aliphatic heterocycles. The first-order chi connectivity index (χ1) is 15.1. The van der Waals surface area contributed by atoms with Crippen molar-refractivity contribution in [3.05, 3.63) is 35.9 Å². The third kappa shape index (κ3) is 9.89. The van der Waals surface area contributed by atoms with Gasteiger partial charge in [-0.15, -0.1) is 0 Å². The fourth-order valence-electron chi connectivity index (χ4n) is 2.73. The minimum absolute atomic E-state index is 0.0934. The van der Waals surface area contributed by atoms with Crippen molar-refractivity contribution in [3.8, 4) is 0 Å². The maximum atomic E-state index is 12.9. The third-order valence-corrected chi connectivity index (χ3v) is 4.43. The number of aliphatic carboxylic acids is 1. The lowest BCUT2D eigenvalue weighted by molar-refractivity contribution is -0.141. The molecule has 12 nitrogen and oxygen atoms in total. The predicted octanol–water partition coefficient (Wildman–Crippen LogP) is -2.20. The van der Waals surface area contributed by atoms with E-state index in [0.717, 1.165) is 5.56 Å². The second-order valence-electron chi connectivity index (χ2n) is 7.09. The van der Waals surface area contributed by atoms with E-state index >= 15 is 0 Å². The molecule has 176 valence electrons. The average molecular weight is 450 g/mol. The molecule has 0 spiro atoms. The molecule has 0 aliphatic rings. The van der Waals surface area contributed by atoms with Crippen LogP contribution >= 0.6 is 0 Å². The number of benzene rings is 1. The van der Waals surface area contributed by atoms with Gasteiger partial charge in [-0.25, -0.2) is 0 Å². The zero-order valence-electron chi connectivity index (χ0n) is 17.9. The SMILES string of the molecule is CC(NC(=O)C(Cc1ccccc1)NC(=O)C(CCCN=C(N)N)NC(=O)CN)C(=O)O. The molecule has 3 amide bonds. The molecule has 3 atom stereocenters. The molecule has 0 saturated heterocycles. The Kier molecular flexibility index (Phi) is 11.2. The Labute approximate surface area is 186 Å². The fraction of sp³-hybridized carbons (Fsp3) is 0.450. The number of carboxylic acid groups (broad SMARTS) is 1. The van der Waals surface area contributed by atoms with E-state index in [1.807, 2.05) is 0 Å². The van der Waals surface area contributed by atoms with Gasteiger partial charge in [0.15, 0.2) is 5.96 Å². The molecule has 1 aromatic carbocycles. The van der Waals surface area contributed by atoms with Crippen LogP contribution in [0.4, 0.5) is 0 Å². The quantitative estimate of drug-likeness (QED) is 0.0993. The molecule has 0 radical (unpaired) electrons. The Morgan fingerprint density at radius 2 is 1.62 bits per heavy atom. The summed E-state index contributed by atoms with van der Waals surface area (Å²) in [5.74, 6) is -3.13. The average Bonchev–Trinajstić information content (AvgIpc) is 2.75. The van der Waals surface area contributed by atoms with Crippen LogP contribution in [0.1, 0.15) is 25.3 Å². The van der Waals surface area contributed by atoms with Gasteiger partial charge in [-0.2, -0.15) is 0 Å². The Balaban J connectivity index is 2.97. The number of amides is 3. The normalized spacial score (nSPS) is 13.2. The van der Waals surface area contributed by atoms with Crippen LogP contribution < -0.4 is 33.2 Å². The Bertz CT molecular complexity index is 812. The lowest BCUT2D eigenvalue weighted by Crippen LogP contribution is -2.56. The van der Waals surface area contributed by atoms with Crippen LogP contribution in [0.5, 0.6) is 0 Å². The largest absolute Gasteiger partial charge is 0.480 e. The lowest BCUT2D eigenvalue weighted by Gasteiger charge is -2.24. The van der Waals surface area contributed by atoms with Gasteiger partial charge >= 0.3 is 5.97 Å². The summed E-state index contributed by atoms with van der Waals surface area (Å²) in [6.07, 6.45) is 0.697. The van der Waals surface area contributed by atoms with Gasteiger partial charge in [0.1, 0.15) is 18.1 Å². The smallest absolute Gasteiger partial charge is 0.325 e. The summed E-state index contributed by atoms with van der Waals surface area (Å²) in [5.41, 5.74) is 16.6. The number of nitrogens with two attached hydrogens (primary N) is 3. The predicted molar refractivity (Wildman–Crippen MR) is 118 cm³/mol. The first-order valence-electron chi connectivity index (χ1n) is 10.1. The standard InChI is InChI=1S/C20H31N7O5/c1-12(19(31)32)25-18(30)15(10-13-6-3-2-4-7-13)27-17(29)14(26-16(28)11-21)8-5-9-24-20(22)23/h2-4,6-7,12,14-15H,5,8-11,21H2,1H3,(H,25,30)(H,26,28)(H,27,29)(H,31,32)(H4,22,23,24). The fourth-order valence-corrected chi connectivity index (χ4v) is 2.73. The monoisotopic (exact) mass is 449 g/mol. The van der Waals surface area contributed by atoms with Crippen molar-refractivity contribution in [2.24, 2.45) is 22.2 Å². The molecule has 0 bridgehead atoms. The van der Waals surface area contributed by atoms with E-state index in [2.05, 4.69) is 20.9 Å². The molecule has 12 heteroatoms. The summed E-state index contributed by atoms with van der Waals surface area (Å²) in [4.78, 5) is 52.3. The topological polar surface area (TPSA) is 215 Å². The maximum Gasteiger partial charge on any atom is 0.325 e. The summed E-state index contributed by atoms with van der Waals surface area (Å²) in [5, 5.41) is 16.5. The van der Waals surface area contributed by atoms with E-state index in [-0.39, 0.29) is 31.9 Å². The molecule has 10 N–H and O–H groups in total. The van der Waals surface area contributed by atoms with Crippen LogP contribution in [0.3, 0.4) is 0 Å². The minimum atomic E-state index is -1.21. The number of rotatable bonds is 13. The van der Waals surface area contributed by atoms with Crippen LogP contribution in [-0.4, -0.2) is 66.0 Å². The molecule has 0 fully saturated rings. The number of hydrogen-bond donors (Lipinski definition) is 7. The molecular formula is C20H31N7O5. The second kappa shape index (κ2) is 13.6. The third-order valence-electron chi connectivity index (χ3n) is 4.43. The molecular weight excluding hydrogens is 418 g/mol. The highest BCUT2D eigenvalue weighted by atomic mass is 16.4. The molecule has 0 saturated carbocycles. The van der Waals surface area contributed by atoms with Crippen molar-refractivity contribution in [1.82, 2.24) is 16.0 Å². The van der Waals surface area contributed by atoms with Crippen LogP contribution in [0.25, 0.3) is 0 Å². The number of hydrogen-bond acceptors (Lipinski definition) is 6. The van der Waals surface area contributed by atoms with Gasteiger partial charge in [0.25, 0.3) is 0 Å². The van der Waals surface area contributed by atoms with E-state index in [4.69, 9.17) is 22.3 Å². The highest BCUT2D eigenvalue weighted by Crippen LogP contribution is 2.06. The Hall–Kier alpha value is -3.67. The first kappa shape index (κ1) is 26.4. The highest BCUT2D eigenvalue weighted by molar-refractivity contribution is 5.93. The van der Waals surface area contributed by atoms with Crippen LogP contribution in [0.2, 0.25) is 0 Å². The molecule has 0 aliphatic carbocycles. The van der Waals surface area contributed by atoms with Gasteiger partial charge in [0.2, 0.25) is 17.7 Å². The number of nitrogens with one attached hydrogen (secondary N) is 3. The van der Waals surface area contributed by atoms with Crippen molar-refractivity contribution in [3.63, 3.8) is 0 Å². The molecule has 0 aromatic heterocycles. The van der Waals surface area contributed by atoms with E-state index in [0.29, 0.717) is 6.42 Å². The summed E-state index contributed by atoms with van der Waals surface area (Å²) >= 11 is 0. The number of guanidine groups is 1. The molecule has 1 rings (SSSR count). The van der Waals surface area contributed by atoms with Crippen molar-refractivity contribution >= 4 is 29.7 Å². The van der Waals surface area contributed by atoms with Gasteiger partial charge in [-0.3, -0.25) is 24.2 Å². The molecule has 0 heterocycles. The maximum absolute atomic E-state index is 12.9. The number of nitrogens with zero attached hydrogens (tertiary/aromatic N) is 1. The highest BCUT2D eigenvalue weighted by Gasteiger charge is 2.28. The van der Waals surface area contributed by atoms with Crippen LogP contribution in [0.15, 0.2) is 35.3 Å². The summed E-state index contributed by atoms with van der Waals surface area (Å²) in [6, 6.07) is 5.71. The van der Waals surface area contributed by atoms with E-state index in [1.165, 1.54) is 6.92 Å². The van der Waals surface area contributed by atoms with E-state index < -0.39 is 41.8 Å². The van der Waals surface area contributed by atoms with Crippen molar-refractivity contribution in [2.45, 2.75) is 44.3 Å². The van der Waals surface area contributed by atoms with E-state index in [1.54, 1.807) is 30.3 Å². The summed E-state index contributed by atoms with van der Waals surface area (Å²) in [7, 11) is 0. The minimum Gasteiger partial charge on any atom is -0.480 e. The van der Waals surface area contributed by atoms with Gasteiger partial charge in [-0.05, 0) is 25.3 Å². The molecule has 1 aromatic rings. The molecule has 32 heavy (non-hydrogen) atoms. The van der Waals surface area contributed by atoms with Crippen LogP contribution in [0, 0.1) is 0 Å². The van der Waals surface area contributed by atoms with Gasteiger partial charge in [0.05, 0.1) is 6.54 Å². The number of carbonyl (C=O) groups is 4.